The summed E-state index contributed by atoms with van der Waals surface area (Å²) in [6.45, 7) is 7.29. The topological polar surface area (TPSA) is 76.1 Å². The predicted octanol–water partition coefficient (Wildman–Crippen LogP) is 3.49. The van der Waals surface area contributed by atoms with Crippen molar-refractivity contribution in [2.24, 2.45) is 0 Å². The summed E-state index contributed by atoms with van der Waals surface area (Å²) in [6.07, 6.45) is 0.603. The summed E-state index contributed by atoms with van der Waals surface area (Å²) in [6, 6.07) is 6.20. The van der Waals surface area contributed by atoms with Crippen LogP contribution >= 0.6 is 0 Å². The molecule has 0 spiro atoms. The highest BCUT2D eigenvalue weighted by molar-refractivity contribution is 6.76. The Morgan fingerprint density at radius 1 is 1.31 bits per heavy atom. The normalized spacial score (nSPS) is 17.2. The van der Waals surface area contributed by atoms with Crippen molar-refractivity contribution in [3.8, 4) is 5.75 Å². The van der Waals surface area contributed by atoms with Gasteiger partial charge in [0.1, 0.15) is 17.6 Å². The Balaban J connectivity index is 2.04. The molecular formula is C18H24FNO5Si. The Bertz CT molecular complexity index is 701. The van der Waals surface area contributed by atoms with Crippen LogP contribution in [0.3, 0.4) is 0 Å². The zero-order chi connectivity index (χ0) is 19.3. The van der Waals surface area contributed by atoms with E-state index in [1.807, 2.05) is 0 Å². The molecule has 1 atom stereocenters. The van der Waals surface area contributed by atoms with Gasteiger partial charge in [-0.2, -0.15) is 0 Å². The summed E-state index contributed by atoms with van der Waals surface area (Å²) < 4.78 is 24.5. The number of ether oxygens (including phenoxy) is 2. The van der Waals surface area contributed by atoms with E-state index in [4.69, 9.17) is 9.47 Å². The lowest BCUT2D eigenvalue weighted by atomic mass is 10.1. The first-order valence-electron chi connectivity index (χ1n) is 8.40. The van der Waals surface area contributed by atoms with Crippen LogP contribution < -0.4 is 4.74 Å². The number of carboxylic acids is 1. The third kappa shape index (κ3) is 5.40. The Hall–Kier alpha value is -2.19. The van der Waals surface area contributed by atoms with Gasteiger partial charge in [0.25, 0.3) is 5.91 Å². The smallest absolute Gasteiger partial charge is 0.327 e. The van der Waals surface area contributed by atoms with Crippen molar-refractivity contribution in [1.82, 2.24) is 4.90 Å². The zero-order valence-corrected chi connectivity index (χ0v) is 16.2. The Morgan fingerprint density at radius 3 is 2.65 bits per heavy atom. The van der Waals surface area contributed by atoms with Gasteiger partial charge < -0.3 is 14.6 Å². The first-order valence-corrected chi connectivity index (χ1v) is 12.1. The minimum Gasteiger partial charge on any atom is -0.480 e. The number of benzene rings is 1. The van der Waals surface area contributed by atoms with Crippen LogP contribution in [0.5, 0.6) is 5.75 Å². The highest BCUT2D eigenvalue weighted by atomic mass is 28.3. The minimum absolute atomic E-state index is 0.0126. The van der Waals surface area contributed by atoms with E-state index in [9.17, 15) is 19.1 Å². The molecule has 0 aliphatic carbocycles. The number of carboxylic acid groups (broad SMARTS) is 1. The van der Waals surface area contributed by atoms with Crippen molar-refractivity contribution in [3.63, 3.8) is 0 Å². The van der Waals surface area contributed by atoms with Crippen molar-refractivity contribution < 1.29 is 28.6 Å². The minimum atomic E-state index is -1.25. The molecule has 0 fully saturated rings. The third-order valence-electron chi connectivity index (χ3n) is 3.93. The molecule has 6 nitrogen and oxygen atoms in total. The van der Waals surface area contributed by atoms with E-state index >= 15 is 0 Å². The number of nitrogens with zero attached hydrogens (tertiary/aromatic N) is 1. The average Bonchev–Trinajstić information content (AvgIpc) is 2.95. The molecule has 2 rings (SSSR count). The summed E-state index contributed by atoms with van der Waals surface area (Å²) in [4.78, 5) is 24.8. The van der Waals surface area contributed by atoms with Gasteiger partial charge in [0.15, 0.2) is 6.79 Å². The van der Waals surface area contributed by atoms with Crippen LogP contribution in [0.15, 0.2) is 36.3 Å². The van der Waals surface area contributed by atoms with Crippen molar-refractivity contribution in [2.75, 3.05) is 13.4 Å². The summed E-state index contributed by atoms with van der Waals surface area (Å²) in [5.74, 6) is -2.24. The molecular weight excluding hydrogens is 357 g/mol. The van der Waals surface area contributed by atoms with E-state index in [1.54, 1.807) is 18.2 Å². The molecule has 0 saturated carbocycles. The van der Waals surface area contributed by atoms with Gasteiger partial charge in [-0.3, -0.25) is 9.69 Å². The van der Waals surface area contributed by atoms with E-state index < -0.39 is 31.8 Å². The van der Waals surface area contributed by atoms with Crippen LogP contribution in [0.2, 0.25) is 25.7 Å². The Kier molecular flexibility index (Phi) is 6.55. The quantitative estimate of drug-likeness (QED) is 0.424. The number of aliphatic carboxylic acids is 1. The first-order chi connectivity index (χ1) is 12.2. The molecule has 1 aromatic carbocycles. The zero-order valence-electron chi connectivity index (χ0n) is 15.2. The van der Waals surface area contributed by atoms with Gasteiger partial charge in [-0.25, -0.2) is 9.18 Å². The molecule has 1 N–H and O–H groups in total. The average molecular weight is 381 g/mol. The number of rotatable bonds is 8. The van der Waals surface area contributed by atoms with E-state index in [0.717, 1.165) is 17.1 Å². The van der Waals surface area contributed by atoms with Crippen LogP contribution in [0, 0.1) is 0 Å². The highest BCUT2D eigenvalue weighted by Gasteiger charge is 2.36. The molecule has 8 heteroatoms. The standard InChI is InChI=1S/C18H24FNO5Si/c1-26(2,3)9-8-24-12-25-16-7-5-4-6-14(16)17(21)20-11-13(19)10-15(20)18(22)23/h4-7,11,15H,8-10,12H2,1-3H3,(H,22,23)/t15-/m0/s1. The van der Waals surface area contributed by atoms with Crippen LogP contribution in [0.1, 0.15) is 16.8 Å². The SMILES string of the molecule is C[Si](C)(C)CCOCOc1ccccc1C(=O)N1C=C(F)C[C@H]1C(=O)O. The second-order valence-electron chi connectivity index (χ2n) is 7.32. The molecule has 0 unspecified atom stereocenters. The number of halogens is 1. The number of hydrogen-bond donors (Lipinski definition) is 1. The van der Waals surface area contributed by atoms with E-state index in [2.05, 4.69) is 19.6 Å². The Morgan fingerprint density at radius 2 is 2.00 bits per heavy atom. The largest absolute Gasteiger partial charge is 0.480 e. The number of hydrogen-bond acceptors (Lipinski definition) is 4. The van der Waals surface area contributed by atoms with Gasteiger partial charge in [0, 0.05) is 27.3 Å². The van der Waals surface area contributed by atoms with Gasteiger partial charge in [-0.05, 0) is 18.2 Å². The molecule has 1 aromatic rings. The van der Waals surface area contributed by atoms with Crippen molar-refractivity contribution in [3.05, 3.63) is 41.9 Å². The van der Waals surface area contributed by atoms with Crippen molar-refractivity contribution in [1.29, 1.82) is 0 Å². The number of carbonyl (C=O) groups excluding carboxylic acids is 1. The van der Waals surface area contributed by atoms with Crippen LogP contribution in [-0.2, 0) is 9.53 Å². The van der Waals surface area contributed by atoms with Gasteiger partial charge in [0.05, 0.1) is 5.56 Å². The molecule has 142 valence electrons. The lowest BCUT2D eigenvalue weighted by Crippen LogP contribution is -2.38. The second kappa shape index (κ2) is 8.46. The van der Waals surface area contributed by atoms with E-state index in [1.165, 1.54) is 6.07 Å². The van der Waals surface area contributed by atoms with Gasteiger partial charge in [-0.15, -0.1) is 0 Å². The van der Waals surface area contributed by atoms with Gasteiger partial charge >= 0.3 is 5.97 Å². The maximum Gasteiger partial charge on any atom is 0.327 e. The lowest BCUT2D eigenvalue weighted by molar-refractivity contribution is -0.141. The van der Waals surface area contributed by atoms with Gasteiger partial charge in [-0.1, -0.05) is 31.8 Å². The molecule has 1 amide bonds. The maximum atomic E-state index is 13.5. The molecule has 1 heterocycles. The van der Waals surface area contributed by atoms with E-state index in [-0.39, 0.29) is 24.5 Å². The molecule has 0 bridgehead atoms. The lowest BCUT2D eigenvalue weighted by Gasteiger charge is -2.21. The van der Waals surface area contributed by atoms with Crippen LogP contribution in [-0.4, -0.2) is 49.4 Å². The molecule has 26 heavy (non-hydrogen) atoms. The highest BCUT2D eigenvalue weighted by Crippen LogP contribution is 2.28. The summed E-state index contributed by atoms with van der Waals surface area (Å²) in [5, 5.41) is 9.19. The van der Waals surface area contributed by atoms with Crippen molar-refractivity contribution >= 4 is 20.0 Å². The second-order valence-corrected chi connectivity index (χ2v) is 12.9. The fraction of sp³-hybridized carbons (Fsp3) is 0.444. The first kappa shape index (κ1) is 20.1. The Labute approximate surface area is 153 Å². The number of para-hydroxylation sites is 1. The fourth-order valence-corrected chi connectivity index (χ4v) is 3.19. The number of carbonyl (C=O) groups is 2. The molecule has 1 aliphatic rings. The predicted molar refractivity (Wildman–Crippen MR) is 97.4 cm³/mol. The van der Waals surface area contributed by atoms with Crippen LogP contribution in [0.4, 0.5) is 4.39 Å². The van der Waals surface area contributed by atoms with E-state index in [0.29, 0.717) is 6.61 Å². The fourth-order valence-electron chi connectivity index (χ4n) is 2.43. The summed E-state index contributed by atoms with van der Waals surface area (Å²) in [7, 11) is -1.20. The number of amides is 1. The van der Waals surface area contributed by atoms with Crippen molar-refractivity contribution in [2.45, 2.75) is 38.1 Å². The third-order valence-corrected chi connectivity index (χ3v) is 5.64. The molecule has 1 aliphatic heterocycles. The molecule has 0 aromatic heterocycles. The summed E-state index contributed by atoms with van der Waals surface area (Å²) in [5.41, 5.74) is 0.165. The molecule has 0 radical (unpaired) electrons. The van der Waals surface area contributed by atoms with Gasteiger partial charge in [0.2, 0.25) is 0 Å². The summed E-state index contributed by atoms with van der Waals surface area (Å²) >= 11 is 0. The monoisotopic (exact) mass is 381 g/mol. The molecule has 0 saturated heterocycles. The van der Waals surface area contributed by atoms with Crippen LogP contribution in [0.25, 0.3) is 0 Å². The maximum absolute atomic E-state index is 13.5.